The van der Waals surface area contributed by atoms with Gasteiger partial charge in [0.05, 0.1) is 12.1 Å². The lowest BCUT2D eigenvalue weighted by molar-refractivity contribution is -0.137. The molecule has 106 valence electrons. The smallest absolute Gasteiger partial charge is 0.308 e. The fourth-order valence-electron chi connectivity index (χ4n) is 1.87. The van der Waals surface area contributed by atoms with Crippen LogP contribution in [0.1, 0.15) is 16.8 Å². The molecule has 1 heterocycles. The molecule has 20 heavy (non-hydrogen) atoms. The Labute approximate surface area is 118 Å². The number of rotatable bonds is 2. The molecule has 0 amide bonds. The highest BCUT2D eigenvalue weighted by Crippen LogP contribution is 2.29. The predicted molar refractivity (Wildman–Crippen MR) is 71.0 cm³/mol. The van der Waals surface area contributed by atoms with E-state index in [9.17, 15) is 18.0 Å². The van der Waals surface area contributed by atoms with Gasteiger partial charge in [0.2, 0.25) is 0 Å². The molecule has 2 aromatic rings. The SMILES string of the molecule is Cc1cc(Cl)cc(=O)n1Cc1ccc(C(F)(F)F)cc1. The van der Waals surface area contributed by atoms with Crippen molar-refractivity contribution in [2.75, 3.05) is 0 Å². The summed E-state index contributed by atoms with van der Waals surface area (Å²) in [6.07, 6.45) is -4.36. The Morgan fingerprint density at radius 2 is 1.75 bits per heavy atom. The number of aryl methyl sites for hydroxylation is 1. The van der Waals surface area contributed by atoms with Crippen LogP contribution in [-0.4, -0.2) is 4.57 Å². The van der Waals surface area contributed by atoms with E-state index in [1.165, 1.54) is 22.8 Å². The summed E-state index contributed by atoms with van der Waals surface area (Å²) in [6.45, 7) is 1.93. The van der Waals surface area contributed by atoms with E-state index in [2.05, 4.69) is 0 Å². The first-order valence-electron chi connectivity index (χ1n) is 5.80. The number of hydrogen-bond acceptors (Lipinski definition) is 1. The minimum atomic E-state index is -4.36. The van der Waals surface area contributed by atoms with Crippen molar-refractivity contribution in [1.29, 1.82) is 0 Å². The molecule has 2 rings (SSSR count). The fourth-order valence-corrected chi connectivity index (χ4v) is 2.12. The summed E-state index contributed by atoms with van der Waals surface area (Å²) in [5.74, 6) is 0. The Balaban J connectivity index is 2.30. The zero-order chi connectivity index (χ0) is 14.9. The van der Waals surface area contributed by atoms with E-state index in [0.717, 1.165) is 12.1 Å². The molecule has 0 saturated heterocycles. The van der Waals surface area contributed by atoms with Crippen molar-refractivity contribution in [3.63, 3.8) is 0 Å². The van der Waals surface area contributed by atoms with Crippen LogP contribution >= 0.6 is 11.6 Å². The molecule has 2 nitrogen and oxygen atoms in total. The lowest BCUT2D eigenvalue weighted by Gasteiger charge is -2.11. The highest BCUT2D eigenvalue weighted by Gasteiger charge is 2.29. The van der Waals surface area contributed by atoms with Gasteiger partial charge in [0.25, 0.3) is 5.56 Å². The van der Waals surface area contributed by atoms with E-state index in [1.807, 2.05) is 0 Å². The van der Waals surface area contributed by atoms with E-state index in [-0.39, 0.29) is 12.1 Å². The van der Waals surface area contributed by atoms with Gasteiger partial charge in [0.1, 0.15) is 0 Å². The van der Waals surface area contributed by atoms with E-state index in [4.69, 9.17) is 11.6 Å². The van der Waals surface area contributed by atoms with Gasteiger partial charge < -0.3 is 4.57 Å². The molecule has 0 unspecified atom stereocenters. The molecule has 1 aromatic heterocycles. The van der Waals surface area contributed by atoms with Crippen molar-refractivity contribution in [1.82, 2.24) is 4.57 Å². The lowest BCUT2D eigenvalue weighted by atomic mass is 10.1. The highest BCUT2D eigenvalue weighted by molar-refractivity contribution is 6.30. The van der Waals surface area contributed by atoms with Crippen LogP contribution in [0.2, 0.25) is 5.02 Å². The van der Waals surface area contributed by atoms with Crippen LogP contribution in [0, 0.1) is 6.92 Å². The second kappa shape index (κ2) is 5.32. The van der Waals surface area contributed by atoms with Crippen LogP contribution in [0.25, 0.3) is 0 Å². The normalized spacial score (nSPS) is 11.7. The number of aromatic nitrogens is 1. The summed E-state index contributed by atoms with van der Waals surface area (Å²) in [7, 11) is 0. The zero-order valence-electron chi connectivity index (χ0n) is 10.5. The first kappa shape index (κ1) is 14.7. The monoisotopic (exact) mass is 301 g/mol. The number of nitrogens with zero attached hydrogens (tertiary/aromatic N) is 1. The summed E-state index contributed by atoms with van der Waals surface area (Å²) < 4.78 is 38.8. The van der Waals surface area contributed by atoms with Gasteiger partial charge in [0, 0.05) is 16.8 Å². The van der Waals surface area contributed by atoms with Gasteiger partial charge in [-0.05, 0) is 30.7 Å². The van der Waals surface area contributed by atoms with E-state index < -0.39 is 11.7 Å². The summed E-state index contributed by atoms with van der Waals surface area (Å²) in [5, 5.41) is 0.344. The molecule has 0 radical (unpaired) electrons. The number of alkyl halides is 3. The van der Waals surface area contributed by atoms with Crippen molar-refractivity contribution >= 4 is 11.6 Å². The number of hydrogen-bond donors (Lipinski definition) is 0. The molecule has 0 atom stereocenters. The maximum atomic E-state index is 12.4. The van der Waals surface area contributed by atoms with Crippen molar-refractivity contribution < 1.29 is 13.2 Å². The van der Waals surface area contributed by atoms with Gasteiger partial charge in [-0.2, -0.15) is 13.2 Å². The minimum Gasteiger partial charge on any atom is -0.308 e. The first-order chi connectivity index (χ1) is 9.27. The second-order valence-corrected chi connectivity index (χ2v) is 4.87. The van der Waals surface area contributed by atoms with Crippen LogP contribution in [0.4, 0.5) is 13.2 Å². The quantitative estimate of drug-likeness (QED) is 0.825. The largest absolute Gasteiger partial charge is 0.416 e. The Kier molecular flexibility index (Phi) is 3.90. The van der Waals surface area contributed by atoms with Crippen LogP contribution in [-0.2, 0) is 12.7 Å². The predicted octanol–water partition coefficient (Wildman–Crippen LogP) is 3.88. The number of benzene rings is 1. The van der Waals surface area contributed by atoms with Gasteiger partial charge in [-0.15, -0.1) is 0 Å². The third-order valence-electron chi connectivity index (χ3n) is 2.92. The maximum absolute atomic E-state index is 12.4. The molecule has 0 spiro atoms. The summed E-state index contributed by atoms with van der Waals surface area (Å²) in [6, 6.07) is 7.65. The van der Waals surface area contributed by atoms with Crippen LogP contribution in [0.5, 0.6) is 0 Å². The van der Waals surface area contributed by atoms with E-state index >= 15 is 0 Å². The average Bonchev–Trinajstić information content (AvgIpc) is 2.33. The maximum Gasteiger partial charge on any atom is 0.416 e. The molecule has 0 bridgehead atoms. The van der Waals surface area contributed by atoms with Crippen molar-refractivity contribution in [2.45, 2.75) is 19.6 Å². The van der Waals surface area contributed by atoms with Gasteiger partial charge in [-0.25, -0.2) is 0 Å². The Morgan fingerprint density at radius 3 is 2.25 bits per heavy atom. The highest BCUT2D eigenvalue weighted by atomic mass is 35.5. The second-order valence-electron chi connectivity index (χ2n) is 4.43. The van der Waals surface area contributed by atoms with Gasteiger partial charge in [-0.3, -0.25) is 4.79 Å². The molecule has 0 aliphatic carbocycles. The lowest BCUT2D eigenvalue weighted by Crippen LogP contribution is -2.21. The topological polar surface area (TPSA) is 22.0 Å². The minimum absolute atomic E-state index is 0.208. The van der Waals surface area contributed by atoms with E-state index in [1.54, 1.807) is 13.0 Å². The summed E-state index contributed by atoms with van der Waals surface area (Å²) >= 11 is 5.76. The molecule has 6 heteroatoms. The van der Waals surface area contributed by atoms with Crippen LogP contribution in [0.15, 0.2) is 41.2 Å². The Morgan fingerprint density at radius 1 is 1.15 bits per heavy atom. The summed E-state index contributed by atoms with van der Waals surface area (Å²) in [4.78, 5) is 11.8. The first-order valence-corrected chi connectivity index (χ1v) is 6.18. The molecule has 0 fully saturated rings. The molecule has 1 aromatic carbocycles. The molecule has 0 saturated carbocycles. The zero-order valence-corrected chi connectivity index (χ0v) is 11.3. The molecule has 0 N–H and O–H groups in total. The summed E-state index contributed by atoms with van der Waals surface area (Å²) in [5.41, 5.74) is 0.282. The van der Waals surface area contributed by atoms with Crippen molar-refractivity contribution in [2.24, 2.45) is 0 Å². The molecule has 0 aliphatic rings. The molecular weight excluding hydrogens is 291 g/mol. The average molecular weight is 302 g/mol. The van der Waals surface area contributed by atoms with Gasteiger partial charge in [-0.1, -0.05) is 23.7 Å². The fraction of sp³-hybridized carbons (Fsp3) is 0.214. The molecule has 0 aliphatic heterocycles. The Bertz CT molecular complexity index is 674. The third-order valence-corrected chi connectivity index (χ3v) is 3.14. The number of halogens is 4. The van der Waals surface area contributed by atoms with Crippen LogP contribution < -0.4 is 5.56 Å². The number of pyridine rings is 1. The van der Waals surface area contributed by atoms with Gasteiger partial charge >= 0.3 is 6.18 Å². The van der Waals surface area contributed by atoms with Crippen molar-refractivity contribution in [3.05, 3.63) is 68.6 Å². The third kappa shape index (κ3) is 3.22. The van der Waals surface area contributed by atoms with E-state index in [0.29, 0.717) is 16.3 Å². The standard InChI is InChI=1S/C14H11ClF3NO/c1-9-6-12(15)7-13(20)19(9)8-10-2-4-11(5-3-10)14(16,17)18/h2-7H,8H2,1H3. The Hall–Kier alpha value is -1.75. The molecular formula is C14H11ClF3NO. The van der Waals surface area contributed by atoms with Gasteiger partial charge in [0.15, 0.2) is 0 Å². The van der Waals surface area contributed by atoms with Crippen molar-refractivity contribution in [3.8, 4) is 0 Å². The van der Waals surface area contributed by atoms with Crippen LogP contribution in [0.3, 0.4) is 0 Å².